The second kappa shape index (κ2) is 7.98. The molecule has 9 nitrogen and oxygen atoms in total. The molecule has 1 saturated carbocycles. The number of anilines is 1. The van der Waals surface area contributed by atoms with Crippen LogP contribution < -0.4 is 10.2 Å². The van der Waals surface area contributed by atoms with Gasteiger partial charge in [0.1, 0.15) is 0 Å². The van der Waals surface area contributed by atoms with Crippen molar-refractivity contribution in [1.29, 1.82) is 0 Å². The highest BCUT2D eigenvalue weighted by Gasteiger charge is 2.30. The van der Waals surface area contributed by atoms with Crippen molar-refractivity contribution < 1.29 is 4.79 Å². The fourth-order valence-corrected chi connectivity index (χ4v) is 4.40. The van der Waals surface area contributed by atoms with E-state index in [2.05, 4.69) is 42.3 Å². The van der Waals surface area contributed by atoms with Crippen LogP contribution in [0.25, 0.3) is 5.65 Å². The smallest absolute Gasteiger partial charge is 0.252 e. The van der Waals surface area contributed by atoms with Gasteiger partial charge in [-0.15, -0.1) is 10.2 Å². The molecule has 156 valence electrons. The third-order valence-electron chi connectivity index (χ3n) is 6.16. The summed E-state index contributed by atoms with van der Waals surface area (Å²) in [6.07, 6.45) is 9.90. The molecule has 5 rings (SSSR count). The van der Waals surface area contributed by atoms with Gasteiger partial charge in [-0.25, -0.2) is 9.97 Å². The molecule has 2 aliphatic rings. The number of nitrogens with zero attached hydrogens (tertiary/aromatic N) is 7. The van der Waals surface area contributed by atoms with Gasteiger partial charge in [-0.2, -0.15) is 0 Å². The molecular weight excluding hydrogens is 380 g/mol. The molecule has 30 heavy (non-hydrogen) atoms. The first-order valence-electron chi connectivity index (χ1n) is 10.6. The molecule has 9 heteroatoms. The minimum Gasteiger partial charge on any atom is -0.349 e. The Morgan fingerprint density at radius 3 is 2.70 bits per heavy atom. The highest BCUT2D eigenvalue weighted by molar-refractivity contribution is 5.94. The van der Waals surface area contributed by atoms with Crippen molar-refractivity contribution in [3.63, 3.8) is 0 Å². The molecule has 3 aromatic heterocycles. The number of rotatable bonds is 4. The average Bonchev–Trinajstić information content (AvgIpc) is 3.44. The third kappa shape index (κ3) is 3.60. The molecule has 1 aliphatic carbocycles. The summed E-state index contributed by atoms with van der Waals surface area (Å²) < 4.78 is 1.94. The fourth-order valence-electron chi connectivity index (χ4n) is 4.40. The lowest BCUT2D eigenvalue weighted by Gasteiger charge is -2.38. The Bertz CT molecular complexity index is 1030. The zero-order valence-electron chi connectivity index (χ0n) is 17.1. The molecular formula is C21H26N8O. The summed E-state index contributed by atoms with van der Waals surface area (Å²) in [7, 11) is 2.09. The number of piperazine rings is 1. The second-order valence-electron chi connectivity index (χ2n) is 8.15. The third-order valence-corrected chi connectivity index (χ3v) is 6.16. The van der Waals surface area contributed by atoms with E-state index < -0.39 is 0 Å². The van der Waals surface area contributed by atoms with Crippen LogP contribution in [-0.4, -0.2) is 68.1 Å². The Morgan fingerprint density at radius 2 is 1.90 bits per heavy atom. The van der Waals surface area contributed by atoms with Crippen molar-refractivity contribution in [1.82, 2.24) is 34.8 Å². The number of amides is 1. The van der Waals surface area contributed by atoms with E-state index in [-0.39, 0.29) is 18.0 Å². The van der Waals surface area contributed by atoms with E-state index in [9.17, 15) is 4.79 Å². The topological polar surface area (TPSA) is 91.6 Å². The predicted octanol–water partition coefficient (Wildman–Crippen LogP) is 1.68. The first-order chi connectivity index (χ1) is 14.7. The first-order valence-corrected chi connectivity index (χ1v) is 10.6. The van der Waals surface area contributed by atoms with Gasteiger partial charge in [-0.1, -0.05) is 12.8 Å². The normalized spacial score (nSPS) is 20.7. The number of hydrogen-bond acceptors (Lipinski definition) is 7. The van der Waals surface area contributed by atoms with Crippen LogP contribution in [0.1, 0.15) is 47.9 Å². The minimum absolute atomic E-state index is 0.0192. The second-order valence-corrected chi connectivity index (χ2v) is 8.15. The number of nitrogens with one attached hydrogen (secondary N) is 1. The molecule has 0 spiro atoms. The fraction of sp³-hybridized carbons (Fsp3) is 0.476. The van der Waals surface area contributed by atoms with Crippen molar-refractivity contribution in [3.8, 4) is 0 Å². The van der Waals surface area contributed by atoms with Crippen molar-refractivity contribution in [2.75, 3.05) is 31.6 Å². The van der Waals surface area contributed by atoms with Crippen LogP contribution in [0.4, 0.5) is 5.95 Å². The van der Waals surface area contributed by atoms with E-state index in [4.69, 9.17) is 0 Å². The number of likely N-dealkylation sites (N-methyl/N-ethyl adjacent to an activating group) is 1. The van der Waals surface area contributed by atoms with Crippen LogP contribution in [0.5, 0.6) is 0 Å². The van der Waals surface area contributed by atoms with E-state index in [1.165, 1.54) is 12.8 Å². The van der Waals surface area contributed by atoms with Crippen molar-refractivity contribution in [3.05, 3.63) is 48.2 Å². The van der Waals surface area contributed by atoms with Gasteiger partial charge in [0.2, 0.25) is 5.95 Å². The van der Waals surface area contributed by atoms with E-state index >= 15 is 0 Å². The quantitative estimate of drug-likeness (QED) is 0.705. The SMILES string of the molecule is CN1CCN(c2ncccn2)CC1c1nnc2ccc(C(=O)NC3CCCC3)cn12. The molecule has 1 unspecified atom stereocenters. The molecule has 1 saturated heterocycles. The maximum absolute atomic E-state index is 12.8. The summed E-state index contributed by atoms with van der Waals surface area (Å²) in [5.41, 5.74) is 1.38. The van der Waals surface area contributed by atoms with Gasteiger partial charge >= 0.3 is 0 Å². The van der Waals surface area contributed by atoms with Crippen LogP contribution in [0.2, 0.25) is 0 Å². The van der Waals surface area contributed by atoms with E-state index in [0.29, 0.717) is 12.1 Å². The van der Waals surface area contributed by atoms with Crippen LogP contribution in [0.15, 0.2) is 36.8 Å². The molecule has 1 amide bonds. The zero-order chi connectivity index (χ0) is 20.5. The highest BCUT2D eigenvalue weighted by atomic mass is 16.1. The highest BCUT2D eigenvalue weighted by Crippen LogP contribution is 2.25. The van der Waals surface area contributed by atoms with E-state index in [1.807, 2.05) is 28.8 Å². The molecule has 4 heterocycles. The number of aromatic nitrogens is 5. The van der Waals surface area contributed by atoms with Crippen LogP contribution >= 0.6 is 0 Å². The van der Waals surface area contributed by atoms with E-state index in [0.717, 1.165) is 43.4 Å². The standard InChI is InChI=1S/C21H26N8O/c1-27-11-12-28(21-22-9-4-10-23-21)14-17(27)19-26-25-18-8-7-15(13-29(18)19)20(30)24-16-5-2-3-6-16/h4,7-10,13,16-17H,2-3,5-6,11-12,14H2,1H3,(H,24,30). The Morgan fingerprint density at radius 1 is 1.10 bits per heavy atom. The zero-order valence-corrected chi connectivity index (χ0v) is 17.1. The Kier molecular flexibility index (Phi) is 5.04. The number of carbonyl (C=O) groups excluding carboxylic acids is 1. The summed E-state index contributed by atoms with van der Waals surface area (Å²) in [5, 5.41) is 12.0. The lowest BCUT2D eigenvalue weighted by atomic mass is 10.1. The number of fused-ring (bicyclic) bond motifs is 1. The molecule has 1 N–H and O–H groups in total. The average molecular weight is 406 g/mol. The lowest BCUT2D eigenvalue weighted by molar-refractivity contribution is 0.0937. The summed E-state index contributed by atoms with van der Waals surface area (Å²) in [4.78, 5) is 26.0. The molecule has 0 bridgehead atoms. The Labute approximate surface area is 175 Å². The molecule has 3 aromatic rings. The lowest BCUT2D eigenvalue weighted by Crippen LogP contribution is -2.48. The maximum Gasteiger partial charge on any atom is 0.252 e. The molecule has 1 aliphatic heterocycles. The number of carbonyl (C=O) groups is 1. The summed E-state index contributed by atoms with van der Waals surface area (Å²) >= 11 is 0. The van der Waals surface area contributed by atoms with Crippen molar-refractivity contribution in [2.24, 2.45) is 0 Å². The van der Waals surface area contributed by atoms with Gasteiger partial charge in [0.25, 0.3) is 5.91 Å². The van der Waals surface area contributed by atoms with Gasteiger partial charge in [0.15, 0.2) is 11.5 Å². The maximum atomic E-state index is 12.8. The number of hydrogen-bond donors (Lipinski definition) is 1. The molecule has 2 fully saturated rings. The Hall–Kier alpha value is -3.07. The van der Waals surface area contributed by atoms with Crippen LogP contribution in [-0.2, 0) is 0 Å². The monoisotopic (exact) mass is 406 g/mol. The van der Waals surface area contributed by atoms with Gasteiger partial charge in [0.05, 0.1) is 11.6 Å². The molecule has 0 radical (unpaired) electrons. The van der Waals surface area contributed by atoms with Gasteiger partial charge in [-0.05, 0) is 38.1 Å². The van der Waals surface area contributed by atoms with Crippen molar-refractivity contribution >= 4 is 17.5 Å². The summed E-state index contributed by atoms with van der Waals surface area (Å²) in [5.74, 6) is 1.52. The van der Waals surface area contributed by atoms with Crippen molar-refractivity contribution in [2.45, 2.75) is 37.8 Å². The first kappa shape index (κ1) is 18.9. The summed E-state index contributed by atoms with van der Waals surface area (Å²) in [6.45, 7) is 2.42. The van der Waals surface area contributed by atoms with Gasteiger partial charge in [-0.3, -0.25) is 14.1 Å². The number of pyridine rings is 1. The molecule has 0 aromatic carbocycles. The largest absolute Gasteiger partial charge is 0.349 e. The predicted molar refractivity (Wildman–Crippen MR) is 112 cm³/mol. The van der Waals surface area contributed by atoms with Gasteiger partial charge in [0, 0.05) is 44.3 Å². The summed E-state index contributed by atoms with van der Waals surface area (Å²) in [6, 6.07) is 5.82. The van der Waals surface area contributed by atoms with Crippen LogP contribution in [0.3, 0.4) is 0 Å². The minimum atomic E-state index is -0.0280. The Balaban J connectivity index is 1.42. The van der Waals surface area contributed by atoms with Gasteiger partial charge < -0.3 is 10.2 Å². The molecule has 1 atom stereocenters. The van der Waals surface area contributed by atoms with Crippen LogP contribution in [0, 0.1) is 0 Å². The van der Waals surface area contributed by atoms with E-state index in [1.54, 1.807) is 12.4 Å².